The highest BCUT2D eigenvalue weighted by molar-refractivity contribution is 6.30. The predicted octanol–water partition coefficient (Wildman–Crippen LogP) is 2.83. The third-order valence-corrected chi connectivity index (χ3v) is 2.44. The normalized spacial score (nSPS) is 13.6. The molecule has 6 heteroatoms. The molecule has 0 atom stereocenters. The van der Waals surface area contributed by atoms with Gasteiger partial charge in [0, 0.05) is 16.7 Å². The number of hydrogen-bond donors (Lipinski definition) is 1. The van der Waals surface area contributed by atoms with Gasteiger partial charge in [0.2, 0.25) is 0 Å². The molecule has 1 aliphatic carbocycles. The van der Waals surface area contributed by atoms with E-state index in [4.69, 9.17) is 21.5 Å². The quantitative estimate of drug-likeness (QED) is 0.492. The Morgan fingerprint density at radius 1 is 1.50 bits per heavy atom. The molecule has 86 valence electrons. The van der Waals surface area contributed by atoms with Crippen LogP contribution in [0.1, 0.15) is 24.3 Å². The van der Waals surface area contributed by atoms with E-state index in [-0.39, 0.29) is 17.1 Å². The number of nitro benzene ring substituents is 1. The zero-order valence-electron chi connectivity index (χ0n) is 8.30. The monoisotopic (exact) mass is 243 g/mol. The second-order valence-electron chi connectivity index (χ2n) is 3.34. The fraction of sp³-hybridized carbons (Fsp3) is 0.300. The predicted molar refractivity (Wildman–Crippen MR) is 58.8 cm³/mol. The van der Waals surface area contributed by atoms with Gasteiger partial charge in [-0.2, -0.15) is 0 Å². The van der Waals surface area contributed by atoms with Crippen molar-refractivity contribution in [3.8, 4) is 0 Å². The molecule has 2 rings (SSSR count). The van der Waals surface area contributed by atoms with E-state index in [0.29, 0.717) is 10.9 Å². The van der Waals surface area contributed by atoms with Crippen molar-refractivity contribution in [1.82, 2.24) is 0 Å². The molecule has 0 bridgehead atoms. The number of nitro groups is 1. The number of carboxylic acid groups (broad SMARTS) is 1. The van der Waals surface area contributed by atoms with Gasteiger partial charge in [0.1, 0.15) is 0 Å². The van der Waals surface area contributed by atoms with Crippen LogP contribution in [0.5, 0.6) is 0 Å². The number of nitrogens with zero attached hydrogens (tertiary/aromatic N) is 1. The Hall–Kier alpha value is -1.62. The van der Waals surface area contributed by atoms with E-state index in [0.717, 1.165) is 18.4 Å². The first kappa shape index (κ1) is 12.4. The number of hydrogen-bond acceptors (Lipinski definition) is 3. The molecule has 1 aromatic rings. The minimum Gasteiger partial charge on any atom is -0.483 e. The SMILES string of the molecule is O=CO.O=[N+]([O-])c1ccc(Cl)cc1C1CC1. The van der Waals surface area contributed by atoms with E-state index < -0.39 is 0 Å². The molecular weight excluding hydrogens is 234 g/mol. The van der Waals surface area contributed by atoms with Gasteiger partial charge in [-0.15, -0.1) is 0 Å². The van der Waals surface area contributed by atoms with Gasteiger partial charge in [-0.1, -0.05) is 11.6 Å². The van der Waals surface area contributed by atoms with Crippen LogP contribution in [0.2, 0.25) is 5.02 Å². The molecule has 5 nitrogen and oxygen atoms in total. The van der Waals surface area contributed by atoms with Crippen molar-refractivity contribution in [2.75, 3.05) is 0 Å². The van der Waals surface area contributed by atoms with Crippen molar-refractivity contribution in [2.45, 2.75) is 18.8 Å². The average Bonchev–Trinajstić information content (AvgIpc) is 3.01. The summed E-state index contributed by atoms with van der Waals surface area (Å²) < 4.78 is 0. The zero-order valence-corrected chi connectivity index (χ0v) is 9.05. The maximum absolute atomic E-state index is 10.6. The van der Waals surface area contributed by atoms with Crippen molar-refractivity contribution in [1.29, 1.82) is 0 Å². The molecule has 0 saturated heterocycles. The fourth-order valence-corrected chi connectivity index (χ4v) is 1.59. The summed E-state index contributed by atoms with van der Waals surface area (Å²) in [6, 6.07) is 4.75. The summed E-state index contributed by atoms with van der Waals surface area (Å²) in [5.74, 6) is 0.360. The van der Waals surface area contributed by atoms with Crippen LogP contribution in [0.4, 0.5) is 5.69 Å². The molecule has 0 amide bonds. The summed E-state index contributed by atoms with van der Waals surface area (Å²) in [5, 5.41) is 18.1. The number of carbonyl (C=O) groups is 1. The van der Waals surface area contributed by atoms with Crippen LogP contribution < -0.4 is 0 Å². The van der Waals surface area contributed by atoms with Gasteiger partial charge < -0.3 is 5.11 Å². The number of rotatable bonds is 2. The second-order valence-corrected chi connectivity index (χ2v) is 3.78. The summed E-state index contributed by atoms with van der Waals surface area (Å²) in [7, 11) is 0. The number of benzene rings is 1. The van der Waals surface area contributed by atoms with Crippen molar-refractivity contribution >= 4 is 23.8 Å². The summed E-state index contributed by atoms with van der Waals surface area (Å²) in [6.07, 6.45) is 2.09. The lowest BCUT2D eigenvalue weighted by Gasteiger charge is -2.00. The lowest BCUT2D eigenvalue weighted by molar-refractivity contribution is -0.385. The van der Waals surface area contributed by atoms with E-state index in [9.17, 15) is 10.1 Å². The van der Waals surface area contributed by atoms with Crippen LogP contribution in [0.25, 0.3) is 0 Å². The Morgan fingerprint density at radius 2 is 2.06 bits per heavy atom. The van der Waals surface area contributed by atoms with Crippen LogP contribution >= 0.6 is 11.6 Å². The van der Waals surface area contributed by atoms with Crippen molar-refractivity contribution in [3.05, 3.63) is 38.9 Å². The molecule has 0 radical (unpaired) electrons. The van der Waals surface area contributed by atoms with Gasteiger partial charge in [-0.3, -0.25) is 14.9 Å². The molecule has 1 aliphatic rings. The molecule has 1 aromatic carbocycles. The average molecular weight is 244 g/mol. The van der Waals surface area contributed by atoms with Crippen LogP contribution in [0.3, 0.4) is 0 Å². The van der Waals surface area contributed by atoms with Crippen molar-refractivity contribution in [3.63, 3.8) is 0 Å². The Bertz CT molecular complexity index is 404. The Morgan fingerprint density at radius 3 is 2.50 bits per heavy atom. The molecule has 0 aliphatic heterocycles. The maximum Gasteiger partial charge on any atom is 0.290 e. The largest absolute Gasteiger partial charge is 0.483 e. The molecule has 0 spiro atoms. The smallest absolute Gasteiger partial charge is 0.290 e. The first-order valence-electron chi connectivity index (χ1n) is 4.61. The van der Waals surface area contributed by atoms with Gasteiger partial charge in [-0.05, 0) is 30.9 Å². The summed E-state index contributed by atoms with van der Waals surface area (Å²) >= 11 is 5.77. The van der Waals surface area contributed by atoms with Crippen LogP contribution in [0.15, 0.2) is 18.2 Å². The Balaban J connectivity index is 0.000000386. The molecule has 0 heterocycles. The minimum atomic E-state index is -0.343. The first-order chi connectivity index (χ1) is 7.60. The molecule has 0 aromatic heterocycles. The highest BCUT2D eigenvalue weighted by atomic mass is 35.5. The molecule has 16 heavy (non-hydrogen) atoms. The van der Waals surface area contributed by atoms with Gasteiger partial charge in [-0.25, -0.2) is 0 Å². The van der Waals surface area contributed by atoms with E-state index in [1.54, 1.807) is 12.1 Å². The van der Waals surface area contributed by atoms with Crippen LogP contribution in [0, 0.1) is 10.1 Å². The molecule has 0 unspecified atom stereocenters. The van der Waals surface area contributed by atoms with Crippen LogP contribution in [-0.2, 0) is 4.79 Å². The van der Waals surface area contributed by atoms with Crippen molar-refractivity contribution in [2.24, 2.45) is 0 Å². The second kappa shape index (κ2) is 5.46. The first-order valence-corrected chi connectivity index (χ1v) is 4.99. The zero-order chi connectivity index (χ0) is 12.1. The molecule has 1 saturated carbocycles. The van der Waals surface area contributed by atoms with Gasteiger partial charge >= 0.3 is 0 Å². The summed E-state index contributed by atoms with van der Waals surface area (Å²) in [4.78, 5) is 18.6. The molecular formula is C10H10ClNO4. The highest BCUT2D eigenvalue weighted by Gasteiger charge is 2.30. The van der Waals surface area contributed by atoms with E-state index >= 15 is 0 Å². The fourth-order valence-electron chi connectivity index (χ4n) is 1.41. The minimum absolute atomic E-state index is 0.201. The molecule has 1 N–H and O–H groups in total. The lowest BCUT2D eigenvalue weighted by Crippen LogP contribution is -1.93. The van der Waals surface area contributed by atoms with E-state index in [1.807, 2.05) is 0 Å². The van der Waals surface area contributed by atoms with Crippen molar-refractivity contribution < 1.29 is 14.8 Å². The highest BCUT2D eigenvalue weighted by Crippen LogP contribution is 2.44. The lowest BCUT2D eigenvalue weighted by atomic mass is 10.1. The summed E-state index contributed by atoms with van der Waals surface area (Å²) in [6.45, 7) is -0.250. The van der Waals surface area contributed by atoms with Gasteiger partial charge in [0.25, 0.3) is 12.2 Å². The topological polar surface area (TPSA) is 80.4 Å². The third kappa shape index (κ3) is 3.20. The van der Waals surface area contributed by atoms with Crippen LogP contribution in [-0.4, -0.2) is 16.5 Å². The standard InChI is InChI=1S/C9H8ClNO2.CH2O2/c10-7-3-4-9(11(12)13)8(5-7)6-1-2-6;2-1-3/h3-6H,1-2H2;1H,(H,2,3). The van der Waals surface area contributed by atoms with Gasteiger partial charge in [0.15, 0.2) is 0 Å². The third-order valence-electron chi connectivity index (χ3n) is 2.20. The molecule has 1 fully saturated rings. The maximum atomic E-state index is 10.6. The Labute approximate surface area is 96.8 Å². The summed E-state index contributed by atoms with van der Waals surface area (Å²) in [5.41, 5.74) is 0.990. The van der Waals surface area contributed by atoms with Gasteiger partial charge in [0.05, 0.1) is 4.92 Å². The van der Waals surface area contributed by atoms with E-state index in [2.05, 4.69) is 0 Å². The Kier molecular flexibility index (Phi) is 4.25. The van der Waals surface area contributed by atoms with E-state index in [1.165, 1.54) is 6.07 Å². The number of halogens is 1.